The molecule has 3 N–H and O–H groups in total. The number of halogens is 3. The minimum atomic E-state index is -4.07. The van der Waals surface area contributed by atoms with E-state index in [-0.39, 0.29) is 30.1 Å². The zero-order chi connectivity index (χ0) is 27.2. The Morgan fingerprint density at radius 3 is 2.50 bits per heavy atom. The van der Waals surface area contributed by atoms with Crippen LogP contribution in [0.5, 0.6) is 11.6 Å². The maximum atomic E-state index is 14.9. The summed E-state index contributed by atoms with van der Waals surface area (Å²) in [5.74, 6) is -2.38. The van der Waals surface area contributed by atoms with Crippen LogP contribution in [0.2, 0.25) is 0 Å². The van der Waals surface area contributed by atoms with Crippen LogP contribution >= 0.6 is 12.4 Å². The standard InChI is InChI=1S/C27H26F2N6O3S.ClH/c28-22-14-20(15-23(29)25(22)35-39(36,37)17-18-6-2-1-3-7-18)38-26-21(9-5-12-31-26)24-10-13-32-27(34-24)33-19-8-4-11-30-16-19;/h1-3,5-7,9-10,12-15,19,30,35H,4,8,11,16-17H2,(H,32,33,34);1H. The van der Waals surface area contributed by atoms with E-state index in [9.17, 15) is 17.2 Å². The van der Waals surface area contributed by atoms with Crippen LogP contribution in [0.1, 0.15) is 18.4 Å². The van der Waals surface area contributed by atoms with Crippen molar-refractivity contribution in [2.24, 2.45) is 0 Å². The van der Waals surface area contributed by atoms with Crippen LogP contribution in [0.3, 0.4) is 0 Å². The SMILES string of the molecule is Cl.O=S(=O)(Cc1ccccc1)Nc1c(F)cc(Oc2ncccc2-c2ccnc(NC3CCCNC3)n2)cc1F. The van der Waals surface area contributed by atoms with Gasteiger partial charge in [-0.25, -0.2) is 32.2 Å². The molecule has 4 aromatic rings. The number of sulfonamides is 1. The third-order valence-corrected chi connectivity index (χ3v) is 7.25. The van der Waals surface area contributed by atoms with Crippen LogP contribution in [0.25, 0.3) is 11.3 Å². The summed E-state index contributed by atoms with van der Waals surface area (Å²) in [4.78, 5) is 13.1. The Bertz CT molecular complexity index is 1530. The zero-order valence-corrected chi connectivity index (χ0v) is 22.8. The number of hydrogen-bond acceptors (Lipinski definition) is 8. The molecule has 2 aromatic carbocycles. The van der Waals surface area contributed by atoms with E-state index < -0.39 is 33.1 Å². The van der Waals surface area contributed by atoms with Crippen molar-refractivity contribution in [3.8, 4) is 22.9 Å². The molecule has 1 aliphatic rings. The summed E-state index contributed by atoms with van der Waals surface area (Å²) in [5.41, 5.74) is 0.680. The van der Waals surface area contributed by atoms with Gasteiger partial charge in [-0.15, -0.1) is 12.4 Å². The minimum Gasteiger partial charge on any atom is -0.438 e. The van der Waals surface area contributed by atoms with Gasteiger partial charge in [0.25, 0.3) is 0 Å². The molecule has 1 saturated heterocycles. The highest BCUT2D eigenvalue weighted by molar-refractivity contribution is 7.91. The highest BCUT2D eigenvalue weighted by Crippen LogP contribution is 2.33. The van der Waals surface area contributed by atoms with Crippen LogP contribution in [-0.4, -0.2) is 42.5 Å². The summed E-state index contributed by atoms with van der Waals surface area (Å²) in [6, 6.07) is 15.4. The molecule has 9 nitrogen and oxygen atoms in total. The minimum absolute atomic E-state index is 0. The molecular weight excluding hydrogens is 562 g/mol. The first-order valence-electron chi connectivity index (χ1n) is 12.3. The quantitative estimate of drug-likeness (QED) is 0.246. The number of hydrogen-bond donors (Lipinski definition) is 3. The van der Waals surface area contributed by atoms with E-state index >= 15 is 0 Å². The Morgan fingerprint density at radius 2 is 1.77 bits per heavy atom. The van der Waals surface area contributed by atoms with Gasteiger partial charge in [0, 0.05) is 37.1 Å². The molecule has 0 radical (unpaired) electrons. The van der Waals surface area contributed by atoms with Gasteiger partial charge < -0.3 is 15.4 Å². The molecular formula is C27H27ClF2N6O3S. The molecule has 1 aliphatic heterocycles. The van der Waals surface area contributed by atoms with E-state index in [1.54, 1.807) is 54.7 Å². The number of rotatable bonds is 9. The number of ether oxygens (including phenoxy) is 1. The summed E-state index contributed by atoms with van der Waals surface area (Å²) in [6.45, 7) is 1.79. The molecule has 13 heteroatoms. The summed E-state index contributed by atoms with van der Waals surface area (Å²) >= 11 is 0. The van der Waals surface area contributed by atoms with Crippen LogP contribution < -0.4 is 20.1 Å². The second-order valence-electron chi connectivity index (χ2n) is 9.02. The monoisotopic (exact) mass is 588 g/mol. The highest BCUT2D eigenvalue weighted by atomic mass is 35.5. The Hall–Kier alpha value is -3.87. The van der Waals surface area contributed by atoms with Crippen molar-refractivity contribution in [3.05, 3.63) is 90.3 Å². The van der Waals surface area contributed by atoms with Crippen LogP contribution in [0, 0.1) is 11.6 Å². The number of anilines is 2. The van der Waals surface area contributed by atoms with E-state index in [0.717, 1.165) is 38.1 Å². The van der Waals surface area contributed by atoms with E-state index in [4.69, 9.17) is 4.74 Å². The average Bonchev–Trinajstić information content (AvgIpc) is 2.92. The van der Waals surface area contributed by atoms with Crippen molar-refractivity contribution in [3.63, 3.8) is 0 Å². The number of pyridine rings is 1. The molecule has 0 bridgehead atoms. The number of benzene rings is 2. The predicted molar refractivity (Wildman–Crippen MR) is 151 cm³/mol. The summed E-state index contributed by atoms with van der Waals surface area (Å²) in [5, 5.41) is 6.64. The van der Waals surface area contributed by atoms with Gasteiger partial charge in [0.1, 0.15) is 11.4 Å². The van der Waals surface area contributed by atoms with Gasteiger partial charge >= 0.3 is 0 Å². The predicted octanol–water partition coefficient (Wildman–Crippen LogP) is 5.14. The molecule has 2 aromatic heterocycles. The van der Waals surface area contributed by atoms with Crippen molar-refractivity contribution in [1.82, 2.24) is 20.3 Å². The third kappa shape index (κ3) is 7.40. The van der Waals surface area contributed by atoms with E-state index in [1.165, 1.54) is 6.20 Å². The molecule has 40 heavy (non-hydrogen) atoms. The first kappa shape index (κ1) is 29.1. The summed E-state index contributed by atoms with van der Waals surface area (Å²) < 4.78 is 62.5. The lowest BCUT2D eigenvalue weighted by Gasteiger charge is -2.23. The Labute approximate surface area is 236 Å². The van der Waals surface area contributed by atoms with E-state index in [0.29, 0.717) is 22.8 Å². The first-order chi connectivity index (χ1) is 18.9. The molecule has 1 fully saturated rings. The second kappa shape index (κ2) is 13.0. The fourth-order valence-electron chi connectivity index (χ4n) is 4.21. The lowest BCUT2D eigenvalue weighted by molar-refractivity contribution is 0.454. The lowest BCUT2D eigenvalue weighted by atomic mass is 10.1. The molecule has 1 unspecified atom stereocenters. The summed E-state index contributed by atoms with van der Waals surface area (Å²) in [6.07, 6.45) is 5.13. The normalized spacial score (nSPS) is 15.1. The van der Waals surface area contributed by atoms with Gasteiger partial charge in [-0.1, -0.05) is 30.3 Å². The molecule has 0 saturated carbocycles. The van der Waals surface area contributed by atoms with Gasteiger partial charge in [0.05, 0.1) is 17.0 Å². The van der Waals surface area contributed by atoms with Gasteiger partial charge in [-0.3, -0.25) is 4.72 Å². The van der Waals surface area contributed by atoms with Crippen molar-refractivity contribution in [2.45, 2.75) is 24.6 Å². The molecule has 0 spiro atoms. The number of piperidine rings is 1. The van der Waals surface area contributed by atoms with Gasteiger partial charge in [-0.2, -0.15) is 0 Å². The van der Waals surface area contributed by atoms with Crippen molar-refractivity contribution >= 4 is 34.1 Å². The van der Waals surface area contributed by atoms with Crippen molar-refractivity contribution < 1.29 is 21.9 Å². The average molecular weight is 589 g/mol. The largest absolute Gasteiger partial charge is 0.438 e. The van der Waals surface area contributed by atoms with E-state index in [1.807, 2.05) is 4.72 Å². The topological polar surface area (TPSA) is 118 Å². The fourth-order valence-corrected chi connectivity index (χ4v) is 5.42. The smallest absolute Gasteiger partial charge is 0.237 e. The second-order valence-corrected chi connectivity index (χ2v) is 10.7. The van der Waals surface area contributed by atoms with Gasteiger partial charge in [0.2, 0.25) is 21.9 Å². The number of nitrogens with zero attached hydrogens (tertiary/aromatic N) is 3. The molecule has 5 rings (SSSR count). The highest BCUT2D eigenvalue weighted by Gasteiger charge is 2.21. The number of aromatic nitrogens is 3. The van der Waals surface area contributed by atoms with E-state index in [2.05, 4.69) is 25.6 Å². The first-order valence-corrected chi connectivity index (χ1v) is 14.0. The molecule has 0 aliphatic carbocycles. The molecule has 3 heterocycles. The maximum absolute atomic E-state index is 14.9. The Kier molecular flexibility index (Phi) is 9.46. The lowest BCUT2D eigenvalue weighted by Crippen LogP contribution is -2.38. The molecule has 0 amide bonds. The third-order valence-electron chi connectivity index (χ3n) is 6.02. The van der Waals surface area contributed by atoms with Crippen molar-refractivity contribution in [1.29, 1.82) is 0 Å². The fraction of sp³-hybridized carbons (Fsp3) is 0.222. The summed E-state index contributed by atoms with van der Waals surface area (Å²) in [7, 11) is -4.07. The molecule has 1 atom stereocenters. The van der Waals surface area contributed by atoms with Gasteiger partial charge in [0.15, 0.2) is 11.6 Å². The maximum Gasteiger partial charge on any atom is 0.237 e. The zero-order valence-electron chi connectivity index (χ0n) is 21.2. The van der Waals surface area contributed by atoms with Crippen LogP contribution in [0.4, 0.5) is 20.4 Å². The van der Waals surface area contributed by atoms with Crippen LogP contribution in [0.15, 0.2) is 73.1 Å². The number of nitrogens with one attached hydrogen (secondary N) is 3. The van der Waals surface area contributed by atoms with Crippen molar-refractivity contribution in [2.75, 3.05) is 23.1 Å². The Balaban J connectivity index is 0.00000370. The van der Waals surface area contributed by atoms with Crippen LogP contribution in [-0.2, 0) is 15.8 Å². The van der Waals surface area contributed by atoms with Gasteiger partial charge in [-0.05, 0) is 43.1 Å². The molecule has 210 valence electrons. The Morgan fingerprint density at radius 1 is 1.00 bits per heavy atom.